The molecule has 148 valence electrons. The number of hydrogen-bond acceptors (Lipinski definition) is 5. The molecule has 0 radical (unpaired) electrons. The van der Waals surface area contributed by atoms with Gasteiger partial charge in [0.2, 0.25) is 0 Å². The van der Waals surface area contributed by atoms with E-state index >= 15 is 0 Å². The first-order valence-electron chi connectivity index (χ1n) is 9.36. The van der Waals surface area contributed by atoms with Gasteiger partial charge in [0.05, 0.1) is 24.9 Å². The molecule has 0 spiro atoms. The van der Waals surface area contributed by atoms with E-state index in [1.54, 1.807) is 26.2 Å². The van der Waals surface area contributed by atoms with Gasteiger partial charge in [0.1, 0.15) is 17.6 Å². The summed E-state index contributed by atoms with van der Waals surface area (Å²) in [6.45, 7) is 2.85. The Morgan fingerprint density at radius 2 is 1.96 bits per heavy atom. The molecule has 28 heavy (non-hydrogen) atoms. The lowest BCUT2D eigenvalue weighted by molar-refractivity contribution is -0.0164. The number of methoxy groups -OCH3 is 1. The van der Waals surface area contributed by atoms with Crippen molar-refractivity contribution in [2.24, 2.45) is 5.92 Å². The second-order valence-corrected chi connectivity index (χ2v) is 7.37. The van der Waals surface area contributed by atoms with Crippen LogP contribution in [0.4, 0.5) is 10.1 Å². The highest BCUT2D eigenvalue weighted by molar-refractivity contribution is 5.57. The number of aliphatic hydroxyl groups is 2. The molecule has 1 heterocycles. The van der Waals surface area contributed by atoms with Crippen molar-refractivity contribution in [1.29, 1.82) is 5.26 Å². The Morgan fingerprint density at radius 1 is 1.25 bits per heavy atom. The summed E-state index contributed by atoms with van der Waals surface area (Å²) in [4.78, 5) is 2.20. The lowest BCUT2D eigenvalue weighted by Crippen LogP contribution is -2.42. The second-order valence-electron chi connectivity index (χ2n) is 7.37. The van der Waals surface area contributed by atoms with Crippen molar-refractivity contribution in [3.63, 3.8) is 0 Å². The molecular weight excluding hydrogens is 359 g/mol. The van der Waals surface area contributed by atoms with Crippen LogP contribution in [-0.4, -0.2) is 30.4 Å². The van der Waals surface area contributed by atoms with Gasteiger partial charge in [0.15, 0.2) is 0 Å². The van der Waals surface area contributed by atoms with Crippen LogP contribution in [0.5, 0.6) is 5.75 Å². The topological polar surface area (TPSA) is 76.7 Å². The summed E-state index contributed by atoms with van der Waals surface area (Å²) in [6.07, 6.45) is 1.50. The first-order valence-corrected chi connectivity index (χ1v) is 9.36. The Morgan fingerprint density at radius 3 is 2.54 bits per heavy atom. The van der Waals surface area contributed by atoms with Crippen LogP contribution in [0.25, 0.3) is 0 Å². The molecule has 1 aliphatic heterocycles. The molecule has 0 amide bonds. The Hall–Kier alpha value is -2.62. The minimum Gasteiger partial charge on any atom is -0.495 e. The largest absolute Gasteiger partial charge is 0.495 e. The Bertz CT molecular complexity index is 884. The molecule has 1 fully saturated rings. The van der Waals surface area contributed by atoms with Crippen molar-refractivity contribution >= 4 is 5.69 Å². The van der Waals surface area contributed by atoms with Crippen LogP contribution in [0.1, 0.15) is 36.5 Å². The monoisotopic (exact) mass is 384 g/mol. The SMILES string of the molecule is COc1cc(N2CCC(C(C)(O)c3ccc(CO)c(F)c3)CC2)ccc1C#N. The van der Waals surface area contributed by atoms with E-state index in [0.29, 0.717) is 16.9 Å². The lowest BCUT2D eigenvalue weighted by atomic mass is 9.77. The number of nitriles is 1. The molecule has 6 heteroatoms. The second kappa shape index (κ2) is 8.17. The van der Waals surface area contributed by atoms with E-state index in [0.717, 1.165) is 31.6 Å². The molecule has 1 aliphatic rings. The third-order valence-corrected chi connectivity index (χ3v) is 5.77. The van der Waals surface area contributed by atoms with Crippen molar-refractivity contribution in [3.8, 4) is 11.8 Å². The number of piperidine rings is 1. The lowest BCUT2D eigenvalue weighted by Gasteiger charge is -2.41. The van der Waals surface area contributed by atoms with Crippen LogP contribution in [-0.2, 0) is 12.2 Å². The van der Waals surface area contributed by atoms with Crippen molar-refractivity contribution in [2.75, 3.05) is 25.1 Å². The maximum Gasteiger partial charge on any atom is 0.138 e. The molecular formula is C22H25FN2O3. The van der Waals surface area contributed by atoms with E-state index in [1.807, 2.05) is 12.1 Å². The van der Waals surface area contributed by atoms with Gasteiger partial charge in [-0.05, 0) is 49.4 Å². The molecule has 1 atom stereocenters. The fourth-order valence-electron chi connectivity index (χ4n) is 3.89. The number of ether oxygens (including phenoxy) is 1. The van der Waals surface area contributed by atoms with Crippen LogP contribution in [0, 0.1) is 23.1 Å². The van der Waals surface area contributed by atoms with Gasteiger partial charge in [-0.2, -0.15) is 5.26 Å². The normalized spacial score (nSPS) is 17.1. The van der Waals surface area contributed by atoms with Gasteiger partial charge in [-0.1, -0.05) is 12.1 Å². The van der Waals surface area contributed by atoms with Crippen LogP contribution in [0.3, 0.4) is 0 Å². The van der Waals surface area contributed by atoms with Crippen molar-refractivity contribution < 1.29 is 19.3 Å². The van der Waals surface area contributed by atoms with Gasteiger partial charge in [0.25, 0.3) is 0 Å². The van der Waals surface area contributed by atoms with Crippen molar-refractivity contribution in [2.45, 2.75) is 32.0 Å². The average Bonchev–Trinajstić information content (AvgIpc) is 2.73. The minimum atomic E-state index is -1.15. The molecule has 0 saturated carbocycles. The Balaban J connectivity index is 1.72. The van der Waals surface area contributed by atoms with Gasteiger partial charge in [-0.3, -0.25) is 0 Å². The van der Waals surface area contributed by atoms with Gasteiger partial charge in [-0.15, -0.1) is 0 Å². The summed E-state index contributed by atoms with van der Waals surface area (Å²) < 4.78 is 19.3. The maximum atomic E-state index is 14.1. The number of halogens is 1. The quantitative estimate of drug-likeness (QED) is 0.827. The number of benzene rings is 2. The van der Waals surface area contributed by atoms with E-state index < -0.39 is 11.4 Å². The minimum absolute atomic E-state index is 0.0107. The first-order chi connectivity index (χ1) is 13.4. The predicted octanol–water partition coefficient (Wildman–Crippen LogP) is 3.32. The summed E-state index contributed by atoms with van der Waals surface area (Å²) in [6, 6.07) is 12.2. The summed E-state index contributed by atoms with van der Waals surface area (Å²) in [5.74, 6) is 0.0411. The third-order valence-electron chi connectivity index (χ3n) is 5.77. The predicted molar refractivity (Wildman–Crippen MR) is 105 cm³/mol. The molecule has 0 aliphatic carbocycles. The standard InChI is InChI=1S/C22H25FN2O3/c1-22(27,18-5-3-16(14-26)20(23)11-18)17-7-9-25(10-8-17)19-6-4-15(13-24)21(12-19)28-2/h3-6,11-12,17,26-27H,7-10,14H2,1-2H3. The number of hydrogen-bond donors (Lipinski definition) is 2. The zero-order valence-corrected chi connectivity index (χ0v) is 16.2. The fraction of sp³-hybridized carbons (Fsp3) is 0.409. The fourth-order valence-corrected chi connectivity index (χ4v) is 3.89. The average molecular weight is 384 g/mol. The van der Waals surface area contributed by atoms with E-state index in [2.05, 4.69) is 11.0 Å². The highest BCUT2D eigenvalue weighted by Gasteiger charge is 2.36. The zero-order chi connectivity index (χ0) is 20.3. The summed E-state index contributed by atoms with van der Waals surface area (Å²) in [5, 5.41) is 29.4. The van der Waals surface area contributed by atoms with Crippen LogP contribution in [0.2, 0.25) is 0 Å². The van der Waals surface area contributed by atoms with Crippen LogP contribution in [0.15, 0.2) is 36.4 Å². The molecule has 3 rings (SSSR count). The van der Waals surface area contributed by atoms with E-state index in [-0.39, 0.29) is 18.1 Å². The number of aliphatic hydroxyl groups excluding tert-OH is 1. The summed E-state index contributed by atoms with van der Waals surface area (Å²) in [7, 11) is 1.55. The Labute approximate surface area is 164 Å². The molecule has 2 aromatic carbocycles. The first kappa shape index (κ1) is 20.1. The maximum absolute atomic E-state index is 14.1. The molecule has 1 saturated heterocycles. The van der Waals surface area contributed by atoms with Gasteiger partial charge >= 0.3 is 0 Å². The van der Waals surface area contributed by atoms with E-state index in [4.69, 9.17) is 15.1 Å². The van der Waals surface area contributed by atoms with Gasteiger partial charge in [-0.25, -0.2) is 4.39 Å². The third kappa shape index (κ3) is 3.82. The summed E-state index contributed by atoms with van der Waals surface area (Å²) >= 11 is 0. The zero-order valence-electron chi connectivity index (χ0n) is 16.2. The Kier molecular flexibility index (Phi) is 5.87. The molecule has 0 aromatic heterocycles. The van der Waals surface area contributed by atoms with Crippen molar-refractivity contribution in [3.05, 3.63) is 58.9 Å². The van der Waals surface area contributed by atoms with Gasteiger partial charge < -0.3 is 19.8 Å². The van der Waals surface area contributed by atoms with E-state index in [1.165, 1.54) is 12.1 Å². The van der Waals surface area contributed by atoms with E-state index in [9.17, 15) is 9.50 Å². The van der Waals surface area contributed by atoms with Crippen LogP contribution >= 0.6 is 0 Å². The highest BCUT2D eigenvalue weighted by atomic mass is 19.1. The van der Waals surface area contributed by atoms with Crippen molar-refractivity contribution in [1.82, 2.24) is 0 Å². The molecule has 1 unspecified atom stereocenters. The summed E-state index contributed by atoms with van der Waals surface area (Å²) in [5.41, 5.74) is 1.08. The molecule has 2 N–H and O–H groups in total. The van der Waals surface area contributed by atoms with Gasteiger partial charge in [0, 0.05) is 30.4 Å². The number of nitrogens with zero attached hydrogens (tertiary/aromatic N) is 2. The highest BCUT2D eigenvalue weighted by Crippen LogP contribution is 2.38. The molecule has 0 bridgehead atoms. The smallest absolute Gasteiger partial charge is 0.138 e. The van der Waals surface area contributed by atoms with Crippen LogP contribution < -0.4 is 9.64 Å². The molecule has 5 nitrogen and oxygen atoms in total. The number of rotatable bonds is 5. The molecule has 2 aromatic rings. The number of anilines is 1.